The van der Waals surface area contributed by atoms with Gasteiger partial charge in [-0.3, -0.25) is 9.59 Å². The Morgan fingerprint density at radius 3 is 1.25 bits per heavy atom. The molecule has 0 aliphatic heterocycles. The predicted octanol–water partition coefficient (Wildman–Crippen LogP) is 17.1. The monoisotopic (exact) mass is 837 g/mol. The summed E-state index contributed by atoms with van der Waals surface area (Å²) in [5, 5.41) is 0. The van der Waals surface area contributed by atoms with Crippen LogP contribution in [-0.4, -0.2) is 37.9 Å². The minimum Gasteiger partial charge on any atom is -0.462 e. The first-order valence-electron chi connectivity index (χ1n) is 25.5. The Labute approximate surface area is 372 Å². The van der Waals surface area contributed by atoms with E-state index in [-0.39, 0.29) is 25.2 Å². The van der Waals surface area contributed by atoms with E-state index < -0.39 is 6.10 Å². The maximum atomic E-state index is 12.8. The highest BCUT2D eigenvalue weighted by atomic mass is 16.6. The number of carbonyl (C=O) groups is 2. The molecule has 1 atom stereocenters. The first-order valence-corrected chi connectivity index (χ1v) is 25.5. The average molecular weight is 837 g/mol. The molecular weight excluding hydrogens is 741 g/mol. The van der Waals surface area contributed by atoms with E-state index >= 15 is 0 Å². The number of ether oxygens (including phenoxy) is 3. The Bertz CT molecular complexity index is 1080. The molecule has 346 valence electrons. The van der Waals surface area contributed by atoms with Crippen LogP contribution in [0.25, 0.3) is 0 Å². The van der Waals surface area contributed by atoms with Crippen molar-refractivity contribution in [1.29, 1.82) is 0 Å². The smallest absolute Gasteiger partial charge is 0.306 e. The van der Waals surface area contributed by atoms with Gasteiger partial charge in [0.2, 0.25) is 0 Å². The van der Waals surface area contributed by atoms with Crippen LogP contribution in [0.1, 0.15) is 239 Å². The van der Waals surface area contributed by atoms with E-state index in [1.165, 1.54) is 122 Å². The van der Waals surface area contributed by atoms with Gasteiger partial charge in [0.05, 0.1) is 6.61 Å². The van der Waals surface area contributed by atoms with Gasteiger partial charge in [0.1, 0.15) is 6.61 Å². The molecule has 0 N–H and O–H groups in total. The normalized spacial score (nSPS) is 12.8. The average Bonchev–Trinajstić information content (AvgIpc) is 3.25. The summed E-state index contributed by atoms with van der Waals surface area (Å²) in [6.07, 6.45) is 64.8. The molecule has 0 aromatic carbocycles. The molecule has 0 aromatic heterocycles. The summed E-state index contributed by atoms with van der Waals surface area (Å²) in [6, 6.07) is 0. The molecular formula is C55H96O5. The van der Waals surface area contributed by atoms with Crippen LogP contribution in [0.2, 0.25) is 0 Å². The summed E-state index contributed by atoms with van der Waals surface area (Å²) in [4.78, 5) is 25.3. The zero-order valence-corrected chi connectivity index (χ0v) is 39.7. The minimum atomic E-state index is -0.552. The van der Waals surface area contributed by atoms with Gasteiger partial charge < -0.3 is 14.2 Å². The van der Waals surface area contributed by atoms with Gasteiger partial charge in [-0.15, -0.1) is 0 Å². The second kappa shape index (κ2) is 50.7. The second-order valence-corrected chi connectivity index (χ2v) is 16.7. The maximum absolute atomic E-state index is 12.8. The van der Waals surface area contributed by atoms with Crippen molar-refractivity contribution in [3.05, 3.63) is 72.9 Å². The number of unbranched alkanes of at least 4 members (excludes halogenated alkanes) is 23. The molecule has 5 heteroatoms. The van der Waals surface area contributed by atoms with E-state index in [0.717, 1.165) is 83.5 Å². The zero-order chi connectivity index (χ0) is 43.5. The van der Waals surface area contributed by atoms with E-state index in [1.807, 2.05) is 0 Å². The highest BCUT2D eigenvalue weighted by Crippen LogP contribution is 2.14. The van der Waals surface area contributed by atoms with E-state index in [2.05, 4.69) is 93.7 Å². The topological polar surface area (TPSA) is 61.8 Å². The first kappa shape index (κ1) is 57.3. The Hall–Kier alpha value is -2.66. The van der Waals surface area contributed by atoms with Gasteiger partial charge in [0, 0.05) is 19.4 Å². The summed E-state index contributed by atoms with van der Waals surface area (Å²) in [5.74, 6) is -0.435. The fourth-order valence-electron chi connectivity index (χ4n) is 6.94. The molecule has 0 radical (unpaired) electrons. The van der Waals surface area contributed by atoms with Gasteiger partial charge in [-0.25, -0.2) is 0 Å². The van der Waals surface area contributed by atoms with Crippen LogP contribution in [0.15, 0.2) is 72.9 Å². The summed E-state index contributed by atoms with van der Waals surface area (Å²) < 4.78 is 17.3. The fourth-order valence-corrected chi connectivity index (χ4v) is 6.94. The number of rotatable bonds is 46. The molecule has 5 nitrogen and oxygen atoms in total. The van der Waals surface area contributed by atoms with Crippen molar-refractivity contribution in [2.75, 3.05) is 19.8 Å². The Kier molecular flexibility index (Phi) is 48.4. The zero-order valence-electron chi connectivity index (χ0n) is 39.7. The molecule has 0 aromatic rings. The number of allylic oxidation sites excluding steroid dienone is 12. The van der Waals surface area contributed by atoms with Crippen molar-refractivity contribution in [1.82, 2.24) is 0 Å². The van der Waals surface area contributed by atoms with Crippen LogP contribution in [-0.2, 0) is 23.8 Å². The lowest BCUT2D eigenvalue weighted by Gasteiger charge is -2.18. The summed E-state index contributed by atoms with van der Waals surface area (Å²) in [5.41, 5.74) is 0. The second-order valence-electron chi connectivity index (χ2n) is 16.7. The molecule has 0 saturated heterocycles. The van der Waals surface area contributed by atoms with Crippen LogP contribution in [0.4, 0.5) is 0 Å². The van der Waals surface area contributed by atoms with Crippen molar-refractivity contribution in [3.8, 4) is 0 Å². The first-order chi connectivity index (χ1) is 29.6. The lowest BCUT2D eigenvalue weighted by atomic mass is 10.1. The molecule has 0 fully saturated rings. The van der Waals surface area contributed by atoms with Crippen molar-refractivity contribution in [2.45, 2.75) is 245 Å². The number of hydrogen-bond donors (Lipinski definition) is 0. The van der Waals surface area contributed by atoms with E-state index in [4.69, 9.17) is 14.2 Å². The molecule has 0 bridgehead atoms. The van der Waals surface area contributed by atoms with Crippen LogP contribution in [0, 0.1) is 0 Å². The molecule has 1 unspecified atom stereocenters. The highest BCUT2D eigenvalue weighted by Gasteiger charge is 2.17. The molecule has 0 rings (SSSR count). The third-order valence-electron chi connectivity index (χ3n) is 10.7. The summed E-state index contributed by atoms with van der Waals surface area (Å²) in [6.45, 7) is 7.64. The van der Waals surface area contributed by atoms with Crippen LogP contribution >= 0.6 is 0 Å². The molecule has 0 amide bonds. The Morgan fingerprint density at radius 1 is 0.383 bits per heavy atom. The predicted molar refractivity (Wildman–Crippen MR) is 260 cm³/mol. The van der Waals surface area contributed by atoms with Gasteiger partial charge in [0.15, 0.2) is 6.10 Å². The third-order valence-corrected chi connectivity index (χ3v) is 10.7. The SMILES string of the molecule is CC/C=C\C/C=C\C/C=C\CCCCCC(=O)OCC(COCCCCCCCCC/C=C\C/C=C\C/C=C\CCCCC)OC(=O)CCCCCCCCCCCCC. The molecule has 0 aliphatic rings. The lowest BCUT2D eigenvalue weighted by Crippen LogP contribution is -2.30. The third kappa shape index (κ3) is 48.0. The molecule has 60 heavy (non-hydrogen) atoms. The van der Waals surface area contributed by atoms with Gasteiger partial charge in [-0.1, -0.05) is 209 Å². The van der Waals surface area contributed by atoms with Crippen molar-refractivity contribution >= 4 is 11.9 Å². The van der Waals surface area contributed by atoms with Crippen molar-refractivity contribution in [3.63, 3.8) is 0 Å². The van der Waals surface area contributed by atoms with Crippen molar-refractivity contribution < 1.29 is 23.8 Å². The number of esters is 2. The van der Waals surface area contributed by atoms with Crippen LogP contribution in [0.3, 0.4) is 0 Å². The maximum Gasteiger partial charge on any atom is 0.306 e. The van der Waals surface area contributed by atoms with Gasteiger partial charge in [-0.05, 0) is 89.9 Å². The largest absolute Gasteiger partial charge is 0.462 e. The summed E-state index contributed by atoms with van der Waals surface area (Å²) in [7, 11) is 0. The van der Waals surface area contributed by atoms with E-state index in [1.54, 1.807) is 0 Å². The molecule has 0 aliphatic carbocycles. The standard InChI is InChI=1S/C55H96O5/c1-4-7-10-13-16-19-22-24-25-26-27-28-29-30-32-35-38-41-44-47-50-58-51-53(60-55(57)49-46-43-40-37-33-21-18-15-12-9-6-3)52-59-54(56)48-45-42-39-36-34-31-23-20-17-14-11-8-5-2/h8,11,16-17,19-20,24-25,27-28,31,34,53H,4-7,9-10,12-15,18,21-23,26,29-30,32-33,35-52H2,1-3H3/b11-8-,19-16-,20-17-,25-24-,28-27-,34-31-. The lowest BCUT2D eigenvalue weighted by molar-refractivity contribution is -0.163. The summed E-state index contributed by atoms with van der Waals surface area (Å²) >= 11 is 0. The highest BCUT2D eigenvalue weighted by molar-refractivity contribution is 5.70. The number of carbonyl (C=O) groups excluding carboxylic acids is 2. The van der Waals surface area contributed by atoms with Gasteiger partial charge in [0.25, 0.3) is 0 Å². The van der Waals surface area contributed by atoms with Crippen molar-refractivity contribution in [2.24, 2.45) is 0 Å². The minimum absolute atomic E-state index is 0.0655. The Morgan fingerprint density at radius 2 is 0.750 bits per heavy atom. The molecule has 0 heterocycles. The van der Waals surface area contributed by atoms with E-state index in [9.17, 15) is 9.59 Å². The molecule has 0 saturated carbocycles. The quantitative estimate of drug-likeness (QED) is 0.0347. The number of hydrogen-bond acceptors (Lipinski definition) is 5. The van der Waals surface area contributed by atoms with Gasteiger partial charge in [-0.2, -0.15) is 0 Å². The van der Waals surface area contributed by atoms with Crippen LogP contribution in [0.5, 0.6) is 0 Å². The Balaban J connectivity index is 4.27. The van der Waals surface area contributed by atoms with Crippen LogP contribution < -0.4 is 0 Å². The van der Waals surface area contributed by atoms with E-state index in [0.29, 0.717) is 19.4 Å². The molecule has 0 spiro atoms. The fraction of sp³-hybridized carbons (Fsp3) is 0.745. The van der Waals surface area contributed by atoms with Gasteiger partial charge >= 0.3 is 11.9 Å².